The number of carbonyl (C=O) groups is 1. The van der Waals surface area contributed by atoms with E-state index in [1.54, 1.807) is 0 Å². The van der Waals surface area contributed by atoms with Gasteiger partial charge in [-0.25, -0.2) is 0 Å². The molecule has 1 saturated carbocycles. The summed E-state index contributed by atoms with van der Waals surface area (Å²) < 4.78 is 0. The molecule has 4 atom stereocenters. The van der Waals surface area contributed by atoms with E-state index in [0.29, 0.717) is 12.1 Å². The van der Waals surface area contributed by atoms with Crippen LogP contribution in [0.5, 0.6) is 0 Å². The van der Waals surface area contributed by atoms with E-state index >= 15 is 0 Å². The largest absolute Gasteiger partial charge is 0.480 e. The molecule has 0 radical (unpaired) electrons. The summed E-state index contributed by atoms with van der Waals surface area (Å²) in [6, 6.07) is 1.01. The summed E-state index contributed by atoms with van der Waals surface area (Å²) >= 11 is 0. The van der Waals surface area contributed by atoms with Gasteiger partial charge >= 0.3 is 5.97 Å². The quantitative estimate of drug-likeness (QED) is 0.832. The molecule has 1 saturated heterocycles. The van der Waals surface area contributed by atoms with Gasteiger partial charge in [-0.1, -0.05) is 13.8 Å². The van der Waals surface area contributed by atoms with Crippen molar-refractivity contribution in [3.63, 3.8) is 0 Å². The Balaban J connectivity index is 2.10. The highest BCUT2D eigenvalue weighted by Crippen LogP contribution is 2.35. The second-order valence-corrected chi connectivity index (χ2v) is 6.77. The standard InChI is InChI=1S/C16H30N2O2/c1-4-17-16(15(19)20)9-5-8-14(11-16)18-10-6-7-12(2)13(18)3/h12-14,17H,4-11H2,1-3H3,(H,19,20). The molecule has 4 nitrogen and oxygen atoms in total. The molecule has 4 heteroatoms. The lowest BCUT2D eigenvalue weighted by molar-refractivity contribution is -0.148. The normalized spacial score (nSPS) is 39.6. The van der Waals surface area contributed by atoms with Crippen molar-refractivity contribution in [1.29, 1.82) is 0 Å². The highest BCUT2D eigenvalue weighted by Gasteiger charge is 2.45. The number of carboxylic acid groups (broad SMARTS) is 1. The fourth-order valence-electron chi connectivity index (χ4n) is 4.18. The Hall–Kier alpha value is -0.610. The van der Waals surface area contributed by atoms with E-state index in [4.69, 9.17) is 0 Å². The van der Waals surface area contributed by atoms with Crippen LogP contribution in [0, 0.1) is 5.92 Å². The van der Waals surface area contributed by atoms with Crippen molar-refractivity contribution in [2.75, 3.05) is 13.1 Å². The van der Waals surface area contributed by atoms with Crippen molar-refractivity contribution in [2.24, 2.45) is 5.92 Å². The topological polar surface area (TPSA) is 52.6 Å². The first-order chi connectivity index (χ1) is 9.50. The second kappa shape index (κ2) is 6.44. The molecule has 2 aliphatic rings. The Kier molecular flexibility index (Phi) is 5.08. The van der Waals surface area contributed by atoms with Crippen molar-refractivity contribution in [2.45, 2.75) is 76.9 Å². The van der Waals surface area contributed by atoms with Gasteiger partial charge in [-0.2, -0.15) is 0 Å². The van der Waals surface area contributed by atoms with Crippen LogP contribution in [0.2, 0.25) is 0 Å². The zero-order chi connectivity index (χ0) is 14.8. The monoisotopic (exact) mass is 282 g/mol. The fourth-order valence-corrected chi connectivity index (χ4v) is 4.18. The number of nitrogens with one attached hydrogen (secondary N) is 1. The molecule has 2 rings (SSSR count). The Morgan fingerprint density at radius 2 is 2.10 bits per heavy atom. The molecule has 1 aliphatic carbocycles. The van der Waals surface area contributed by atoms with Gasteiger partial charge in [0.1, 0.15) is 5.54 Å². The molecule has 2 fully saturated rings. The zero-order valence-electron chi connectivity index (χ0n) is 13.2. The Labute approximate surface area is 122 Å². The van der Waals surface area contributed by atoms with Gasteiger partial charge < -0.3 is 10.4 Å². The summed E-state index contributed by atoms with van der Waals surface area (Å²) in [4.78, 5) is 14.3. The molecule has 1 aliphatic heterocycles. The molecule has 0 amide bonds. The van der Waals surface area contributed by atoms with Gasteiger partial charge in [-0.3, -0.25) is 9.69 Å². The van der Waals surface area contributed by atoms with Crippen molar-refractivity contribution in [3.05, 3.63) is 0 Å². The van der Waals surface area contributed by atoms with Crippen molar-refractivity contribution in [3.8, 4) is 0 Å². The predicted molar refractivity (Wildman–Crippen MR) is 80.9 cm³/mol. The molecule has 116 valence electrons. The summed E-state index contributed by atoms with van der Waals surface area (Å²) in [6.07, 6.45) is 6.25. The number of nitrogens with zero attached hydrogens (tertiary/aromatic N) is 1. The molecular weight excluding hydrogens is 252 g/mol. The highest BCUT2D eigenvalue weighted by atomic mass is 16.4. The minimum atomic E-state index is -0.696. The van der Waals surface area contributed by atoms with E-state index in [0.717, 1.165) is 44.7 Å². The van der Waals surface area contributed by atoms with Crippen LogP contribution in [0.3, 0.4) is 0 Å². The van der Waals surface area contributed by atoms with E-state index in [9.17, 15) is 9.90 Å². The van der Waals surface area contributed by atoms with Gasteiger partial charge in [0.2, 0.25) is 0 Å². The van der Waals surface area contributed by atoms with Crippen molar-refractivity contribution >= 4 is 5.97 Å². The van der Waals surface area contributed by atoms with E-state index in [2.05, 4.69) is 24.1 Å². The Morgan fingerprint density at radius 1 is 1.35 bits per heavy atom. The lowest BCUT2D eigenvalue weighted by atomic mass is 9.76. The molecule has 1 heterocycles. The second-order valence-electron chi connectivity index (χ2n) is 6.77. The lowest BCUT2D eigenvalue weighted by Crippen LogP contribution is -2.60. The van der Waals surface area contributed by atoms with E-state index in [-0.39, 0.29) is 0 Å². The SMILES string of the molecule is CCNC1(C(=O)O)CCCC(N2CCCC(C)C2C)C1. The Morgan fingerprint density at radius 3 is 2.75 bits per heavy atom. The number of piperidine rings is 1. The number of rotatable bonds is 4. The van der Waals surface area contributed by atoms with Gasteiger partial charge in [0.05, 0.1) is 0 Å². The minimum Gasteiger partial charge on any atom is -0.480 e. The molecule has 2 N–H and O–H groups in total. The van der Waals surface area contributed by atoms with Gasteiger partial charge in [-0.15, -0.1) is 0 Å². The van der Waals surface area contributed by atoms with Crippen LogP contribution in [0.15, 0.2) is 0 Å². The van der Waals surface area contributed by atoms with E-state index < -0.39 is 11.5 Å². The summed E-state index contributed by atoms with van der Waals surface area (Å²) in [5.74, 6) is 0.0609. The fraction of sp³-hybridized carbons (Fsp3) is 0.938. The molecule has 0 bridgehead atoms. The number of aliphatic carboxylic acids is 1. The van der Waals surface area contributed by atoms with E-state index in [1.165, 1.54) is 12.8 Å². The zero-order valence-corrected chi connectivity index (χ0v) is 13.2. The number of hydrogen-bond acceptors (Lipinski definition) is 3. The van der Waals surface area contributed by atoms with E-state index in [1.807, 2.05) is 6.92 Å². The smallest absolute Gasteiger partial charge is 0.323 e. The molecular formula is C16H30N2O2. The molecule has 0 aromatic carbocycles. The lowest BCUT2D eigenvalue weighted by Gasteiger charge is -2.48. The summed E-state index contributed by atoms with van der Waals surface area (Å²) in [5.41, 5.74) is -0.696. The summed E-state index contributed by atoms with van der Waals surface area (Å²) in [7, 11) is 0. The van der Waals surface area contributed by atoms with Crippen LogP contribution < -0.4 is 5.32 Å². The average molecular weight is 282 g/mol. The van der Waals surface area contributed by atoms with Crippen LogP contribution in [0.25, 0.3) is 0 Å². The van der Waals surface area contributed by atoms with Crippen LogP contribution >= 0.6 is 0 Å². The molecule has 4 unspecified atom stereocenters. The van der Waals surface area contributed by atoms with Crippen molar-refractivity contribution in [1.82, 2.24) is 10.2 Å². The first-order valence-corrected chi connectivity index (χ1v) is 8.24. The first kappa shape index (κ1) is 15.8. The first-order valence-electron chi connectivity index (χ1n) is 8.24. The van der Waals surface area contributed by atoms with Crippen LogP contribution in [0.1, 0.15) is 59.3 Å². The van der Waals surface area contributed by atoms with Gasteiger partial charge in [0, 0.05) is 12.1 Å². The number of hydrogen-bond donors (Lipinski definition) is 2. The van der Waals surface area contributed by atoms with Gasteiger partial charge in [-0.05, 0) is 64.5 Å². The number of carboxylic acids is 1. The molecule has 0 aromatic rings. The van der Waals surface area contributed by atoms with Gasteiger partial charge in [0.15, 0.2) is 0 Å². The summed E-state index contributed by atoms with van der Waals surface area (Å²) in [5, 5.41) is 12.9. The number of likely N-dealkylation sites (tertiary alicyclic amines) is 1. The maximum absolute atomic E-state index is 11.8. The minimum absolute atomic E-state index is 0.427. The average Bonchev–Trinajstić information content (AvgIpc) is 2.42. The molecule has 20 heavy (non-hydrogen) atoms. The number of likely N-dealkylation sites (N-methyl/N-ethyl adjacent to an activating group) is 1. The molecule has 0 aromatic heterocycles. The van der Waals surface area contributed by atoms with Crippen LogP contribution in [-0.2, 0) is 4.79 Å². The third kappa shape index (κ3) is 3.01. The molecule has 0 spiro atoms. The summed E-state index contributed by atoms with van der Waals surface area (Å²) in [6.45, 7) is 8.51. The Bertz CT molecular complexity index is 343. The third-order valence-corrected chi connectivity index (χ3v) is 5.54. The van der Waals surface area contributed by atoms with Crippen LogP contribution in [-0.4, -0.2) is 46.7 Å². The highest BCUT2D eigenvalue weighted by molar-refractivity contribution is 5.79. The van der Waals surface area contributed by atoms with Crippen LogP contribution in [0.4, 0.5) is 0 Å². The maximum atomic E-state index is 11.8. The third-order valence-electron chi connectivity index (χ3n) is 5.54. The van der Waals surface area contributed by atoms with Gasteiger partial charge in [0.25, 0.3) is 0 Å². The predicted octanol–water partition coefficient (Wildman–Crippen LogP) is 2.48. The maximum Gasteiger partial charge on any atom is 0.323 e. The van der Waals surface area contributed by atoms with Crippen molar-refractivity contribution < 1.29 is 9.90 Å².